The van der Waals surface area contributed by atoms with Crippen LogP contribution in [0.5, 0.6) is 5.75 Å². The van der Waals surface area contributed by atoms with Crippen molar-refractivity contribution in [3.05, 3.63) is 53.9 Å². The number of hydrogen-bond acceptors (Lipinski definition) is 5. The van der Waals surface area contributed by atoms with Crippen LogP contribution in [0, 0.1) is 5.82 Å². The van der Waals surface area contributed by atoms with E-state index >= 15 is 0 Å². The quantitative estimate of drug-likeness (QED) is 0.785. The van der Waals surface area contributed by atoms with Crippen LogP contribution in [0.25, 0.3) is 0 Å². The van der Waals surface area contributed by atoms with Gasteiger partial charge in [-0.05, 0) is 38.5 Å². The van der Waals surface area contributed by atoms with Gasteiger partial charge < -0.3 is 15.8 Å². The standard InChI is InChI=1S/C12H15F4NO.C5H5N3O/c1-11(2,3)17-7-8-4-5-9(13)10(6-8)18-12(14,15)16;6-5(9)4-3-7-1-2-8-4/h4-6,17H,7H2,1-3H3;1-3H,(H2,6,9). The van der Waals surface area contributed by atoms with Gasteiger partial charge in [0, 0.05) is 24.5 Å². The number of ether oxygens (including phenoxy) is 1. The average Bonchev–Trinajstić information content (AvgIpc) is 2.55. The van der Waals surface area contributed by atoms with Crippen molar-refractivity contribution >= 4 is 5.91 Å². The van der Waals surface area contributed by atoms with Gasteiger partial charge in [-0.15, -0.1) is 13.2 Å². The number of alkyl halides is 3. The van der Waals surface area contributed by atoms with Crippen LogP contribution < -0.4 is 15.8 Å². The molecule has 1 heterocycles. The molecule has 0 saturated heterocycles. The van der Waals surface area contributed by atoms with Gasteiger partial charge in [-0.1, -0.05) is 6.07 Å². The van der Waals surface area contributed by atoms with Gasteiger partial charge in [-0.3, -0.25) is 9.78 Å². The summed E-state index contributed by atoms with van der Waals surface area (Å²) in [5, 5.41) is 3.09. The van der Waals surface area contributed by atoms with Gasteiger partial charge in [0.05, 0.1) is 6.20 Å². The SMILES string of the molecule is CC(C)(C)NCc1ccc(F)c(OC(F)(F)F)c1.NC(=O)c1cnccn1. The summed E-state index contributed by atoms with van der Waals surface area (Å²) >= 11 is 0. The Balaban J connectivity index is 0.000000337. The van der Waals surface area contributed by atoms with Crippen LogP contribution >= 0.6 is 0 Å². The second-order valence-electron chi connectivity index (χ2n) is 6.37. The molecule has 2 rings (SSSR count). The number of nitrogens with zero attached hydrogens (tertiary/aromatic N) is 2. The first-order valence-electron chi connectivity index (χ1n) is 7.72. The van der Waals surface area contributed by atoms with Gasteiger partial charge >= 0.3 is 6.36 Å². The molecular formula is C17H20F4N4O2. The maximum atomic E-state index is 13.1. The molecule has 1 aromatic carbocycles. The third-order valence-electron chi connectivity index (χ3n) is 2.86. The molecule has 1 aromatic heterocycles. The number of amides is 1. The fourth-order valence-corrected chi connectivity index (χ4v) is 1.65. The minimum atomic E-state index is -4.89. The molecular weight excluding hydrogens is 368 g/mol. The predicted octanol–water partition coefficient (Wildman–Crippen LogP) is 3.19. The van der Waals surface area contributed by atoms with E-state index in [1.807, 2.05) is 20.8 Å². The molecule has 0 fully saturated rings. The minimum absolute atomic E-state index is 0.181. The number of nitrogens with one attached hydrogen (secondary N) is 1. The van der Waals surface area contributed by atoms with Crippen molar-refractivity contribution in [3.63, 3.8) is 0 Å². The van der Waals surface area contributed by atoms with Crippen molar-refractivity contribution in [1.82, 2.24) is 15.3 Å². The fraction of sp³-hybridized carbons (Fsp3) is 0.353. The molecule has 1 amide bonds. The smallest absolute Gasteiger partial charge is 0.403 e. The number of hydrogen-bond donors (Lipinski definition) is 2. The summed E-state index contributed by atoms with van der Waals surface area (Å²) in [4.78, 5) is 17.6. The van der Waals surface area contributed by atoms with E-state index in [0.29, 0.717) is 12.1 Å². The van der Waals surface area contributed by atoms with Crippen LogP contribution in [0.2, 0.25) is 0 Å². The Bertz CT molecular complexity index is 747. The third-order valence-corrected chi connectivity index (χ3v) is 2.86. The number of carbonyl (C=O) groups is 1. The van der Waals surface area contributed by atoms with Gasteiger partial charge in [0.15, 0.2) is 11.6 Å². The lowest BCUT2D eigenvalue weighted by molar-refractivity contribution is -0.275. The summed E-state index contributed by atoms with van der Waals surface area (Å²) in [5.74, 6) is -2.40. The van der Waals surface area contributed by atoms with Crippen LogP contribution in [0.3, 0.4) is 0 Å². The monoisotopic (exact) mass is 388 g/mol. The lowest BCUT2D eigenvalue weighted by atomic mass is 10.1. The Hall–Kier alpha value is -2.75. The van der Waals surface area contributed by atoms with Gasteiger partial charge in [0.1, 0.15) is 5.69 Å². The van der Waals surface area contributed by atoms with Crippen molar-refractivity contribution in [3.8, 4) is 5.75 Å². The van der Waals surface area contributed by atoms with Crippen molar-refractivity contribution in [2.75, 3.05) is 0 Å². The molecule has 0 radical (unpaired) electrons. The van der Waals surface area contributed by atoms with Crippen molar-refractivity contribution in [2.24, 2.45) is 5.73 Å². The largest absolute Gasteiger partial charge is 0.573 e. The van der Waals surface area contributed by atoms with E-state index in [4.69, 9.17) is 5.73 Å². The molecule has 6 nitrogen and oxygen atoms in total. The van der Waals surface area contributed by atoms with Gasteiger partial charge in [-0.2, -0.15) is 0 Å². The maximum Gasteiger partial charge on any atom is 0.573 e. The van der Waals surface area contributed by atoms with Crippen LogP contribution in [-0.2, 0) is 6.54 Å². The third kappa shape index (κ3) is 9.50. The number of carbonyl (C=O) groups excluding carboxylic acids is 1. The number of aromatic nitrogens is 2. The fourth-order valence-electron chi connectivity index (χ4n) is 1.65. The second kappa shape index (κ2) is 9.26. The van der Waals surface area contributed by atoms with E-state index in [2.05, 4.69) is 20.0 Å². The molecule has 10 heteroatoms. The molecule has 148 valence electrons. The van der Waals surface area contributed by atoms with E-state index < -0.39 is 23.8 Å². The van der Waals surface area contributed by atoms with E-state index in [1.165, 1.54) is 24.7 Å². The molecule has 3 N–H and O–H groups in total. The van der Waals surface area contributed by atoms with Crippen LogP contribution in [0.4, 0.5) is 17.6 Å². The summed E-state index contributed by atoms with van der Waals surface area (Å²) < 4.78 is 52.8. The molecule has 0 saturated carbocycles. The highest BCUT2D eigenvalue weighted by Crippen LogP contribution is 2.26. The highest BCUT2D eigenvalue weighted by molar-refractivity contribution is 5.90. The lowest BCUT2D eigenvalue weighted by Gasteiger charge is -2.20. The van der Waals surface area contributed by atoms with E-state index in [1.54, 1.807) is 0 Å². The number of halogens is 4. The number of primary amides is 1. The van der Waals surface area contributed by atoms with Gasteiger partial charge in [-0.25, -0.2) is 9.37 Å². The first kappa shape index (κ1) is 22.3. The molecule has 0 atom stereocenters. The number of nitrogens with two attached hydrogens (primary N) is 1. The lowest BCUT2D eigenvalue weighted by Crippen LogP contribution is -2.35. The van der Waals surface area contributed by atoms with Gasteiger partial charge in [0.2, 0.25) is 0 Å². The molecule has 0 aliphatic heterocycles. The highest BCUT2D eigenvalue weighted by atomic mass is 19.4. The number of benzene rings is 1. The Morgan fingerprint density at radius 2 is 1.89 bits per heavy atom. The molecule has 2 aromatic rings. The summed E-state index contributed by atoms with van der Waals surface area (Å²) in [6.07, 6.45) is -0.675. The highest BCUT2D eigenvalue weighted by Gasteiger charge is 2.32. The Morgan fingerprint density at radius 3 is 2.33 bits per heavy atom. The summed E-state index contributed by atoms with van der Waals surface area (Å²) in [5.41, 5.74) is 5.40. The average molecular weight is 388 g/mol. The first-order valence-corrected chi connectivity index (χ1v) is 7.72. The normalized spacial score (nSPS) is 11.4. The zero-order valence-corrected chi connectivity index (χ0v) is 15.0. The summed E-state index contributed by atoms with van der Waals surface area (Å²) in [6, 6.07) is 3.42. The topological polar surface area (TPSA) is 90.1 Å². The molecule has 0 aliphatic carbocycles. The summed E-state index contributed by atoms with van der Waals surface area (Å²) in [6.45, 7) is 6.09. The van der Waals surface area contributed by atoms with Crippen LogP contribution in [-0.4, -0.2) is 27.8 Å². The number of rotatable bonds is 4. The molecule has 0 bridgehead atoms. The van der Waals surface area contributed by atoms with Crippen molar-refractivity contribution < 1.29 is 27.1 Å². The van der Waals surface area contributed by atoms with Crippen LogP contribution in [0.15, 0.2) is 36.8 Å². The maximum absolute atomic E-state index is 13.1. The van der Waals surface area contributed by atoms with Crippen molar-refractivity contribution in [1.29, 1.82) is 0 Å². The molecule has 0 spiro atoms. The predicted molar refractivity (Wildman–Crippen MR) is 90.2 cm³/mol. The minimum Gasteiger partial charge on any atom is -0.403 e. The first-order chi connectivity index (χ1) is 12.4. The van der Waals surface area contributed by atoms with E-state index in [9.17, 15) is 22.4 Å². The van der Waals surface area contributed by atoms with E-state index in [0.717, 1.165) is 12.1 Å². The zero-order valence-electron chi connectivity index (χ0n) is 15.0. The van der Waals surface area contributed by atoms with E-state index in [-0.39, 0.29) is 11.2 Å². The molecule has 27 heavy (non-hydrogen) atoms. The Labute approximate surface area is 153 Å². The van der Waals surface area contributed by atoms with Gasteiger partial charge in [0.25, 0.3) is 5.91 Å². The summed E-state index contributed by atoms with van der Waals surface area (Å²) in [7, 11) is 0. The molecule has 0 unspecified atom stereocenters. The molecule has 0 aliphatic rings. The zero-order chi connectivity index (χ0) is 20.7. The second-order valence-corrected chi connectivity index (χ2v) is 6.37. The van der Waals surface area contributed by atoms with Crippen LogP contribution in [0.1, 0.15) is 36.8 Å². The Morgan fingerprint density at radius 1 is 1.22 bits per heavy atom. The van der Waals surface area contributed by atoms with Crippen molar-refractivity contribution in [2.45, 2.75) is 39.2 Å². The Kier molecular flexibility index (Phi) is 7.65.